The topological polar surface area (TPSA) is 137 Å². The Balaban J connectivity index is 0.000000283. The number of hydrogen-bond donors (Lipinski definition) is 0. The minimum absolute atomic E-state index is 0.115. The van der Waals surface area contributed by atoms with Crippen molar-refractivity contribution < 1.29 is 43.2 Å². The summed E-state index contributed by atoms with van der Waals surface area (Å²) in [6, 6.07) is 0. The molecule has 2 rings (SSSR count). The maximum absolute atomic E-state index is 11.1. The third-order valence-corrected chi connectivity index (χ3v) is 3.58. The number of rotatable bonds is 8. The maximum atomic E-state index is 11.1. The van der Waals surface area contributed by atoms with Crippen LogP contribution >= 0.6 is 0 Å². The number of carbonyl (C=O) groups excluding carboxylic acids is 6. The molecule has 11 nitrogen and oxygen atoms in total. The van der Waals surface area contributed by atoms with Gasteiger partial charge < -0.3 is 14.4 Å². The van der Waals surface area contributed by atoms with Gasteiger partial charge in [-0.05, 0) is 12.8 Å². The summed E-state index contributed by atoms with van der Waals surface area (Å²) in [7, 11) is 1.53. The van der Waals surface area contributed by atoms with E-state index in [9.17, 15) is 28.8 Å². The Hall–Kier alpha value is -2.82. The normalized spacial score (nSPS) is 16.2. The zero-order valence-corrected chi connectivity index (χ0v) is 15.9. The molecule has 2 aliphatic heterocycles. The van der Waals surface area contributed by atoms with E-state index in [2.05, 4.69) is 9.68 Å². The Kier molecular flexibility index (Phi) is 9.79. The highest BCUT2D eigenvalue weighted by atomic mass is 16.7. The van der Waals surface area contributed by atoms with Gasteiger partial charge in [0, 0.05) is 45.8 Å². The Morgan fingerprint density at radius 2 is 1.18 bits per heavy atom. The molecule has 0 atom stereocenters. The molecule has 0 aromatic heterocycles. The van der Waals surface area contributed by atoms with Crippen LogP contribution in [0.5, 0.6) is 0 Å². The van der Waals surface area contributed by atoms with Crippen LogP contribution in [-0.4, -0.2) is 59.4 Å². The van der Waals surface area contributed by atoms with Crippen LogP contribution in [0.2, 0.25) is 0 Å². The van der Waals surface area contributed by atoms with E-state index >= 15 is 0 Å². The highest BCUT2D eigenvalue weighted by Crippen LogP contribution is 2.13. The molecule has 4 amide bonds. The fourth-order valence-corrected chi connectivity index (χ4v) is 2.18. The Morgan fingerprint density at radius 1 is 0.786 bits per heavy atom. The van der Waals surface area contributed by atoms with E-state index in [-0.39, 0.29) is 38.5 Å². The Labute approximate surface area is 161 Å². The minimum atomic E-state index is -0.587. The smallest absolute Gasteiger partial charge is 0.333 e. The molecule has 0 aromatic carbocycles. The molecule has 0 radical (unpaired) electrons. The summed E-state index contributed by atoms with van der Waals surface area (Å²) in [4.78, 5) is 75.3. The lowest BCUT2D eigenvalue weighted by Crippen LogP contribution is -2.32. The van der Waals surface area contributed by atoms with Gasteiger partial charge in [0.1, 0.15) is 0 Å². The van der Waals surface area contributed by atoms with Gasteiger partial charge in [0.2, 0.25) is 0 Å². The quantitative estimate of drug-likeness (QED) is 0.419. The molecule has 2 fully saturated rings. The van der Waals surface area contributed by atoms with Gasteiger partial charge in [0.05, 0.1) is 6.42 Å². The summed E-state index contributed by atoms with van der Waals surface area (Å²) >= 11 is 0. The van der Waals surface area contributed by atoms with Crippen molar-refractivity contribution in [1.82, 2.24) is 10.1 Å². The Bertz CT molecular complexity index is 600. The second-order valence-corrected chi connectivity index (χ2v) is 5.94. The van der Waals surface area contributed by atoms with Crippen molar-refractivity contribution in [2.45, 2.75) is 58.3 Å². The molecule has 0 unspecified atom stereocenters. The van der Waals surface area contributed by atoms with Crippen molar-refractivity contribution in [2.75, 3.05) is 13.7 Å². The van der Waals surface area contributed by atoms with Gasteiger partial charge in [-0.2, -0.15) is 0 Å². The molecule has 2 saturated heterocycles. The molecule has 28 heavy (non-hydrogen) atoms. The zero-order chi connectivity index (χ0) is 21.1. The van der Waals surface area contributed by atoms with Crippen LogP contribution in [0.3, 0.4) is 0 Å². The van der Waals surface area contributed by atoms with Crippen molar-refractivity contribution in [1.29, 1.82) is 0 Å². The lowest BCUT2D eigenvalue weighted by atomic mass is 10.3. The van der Waals surface area contributed by atoms with Gasteiger partial charge in [-0.25, -0.2) is 9.59 Å². The van der Waals surface area contributed by atoms with Gasteiger partial charge in [-0.3, -0.25) is 19.2 Å². The zero-order valence-electron chi connectivity index (χ0n) is 15.9. The van der Waals surface area contributed by atoms with Crippen molar-refractivity contribution in [2.24, 2.45) is 0 Å². The van der Waals surface area contributed by atoms with E-state index < -0.39 is 35.6 Å². The molecule has 0 N–H and O–H groups in total. The minimum Gasteiger partial charge on any atom is -0.385 e. The average molecular weight is 400 g/mol. The molecule has 0 aromatic rings. The van der Waals surface area contributed by atoms with Gasteiger partial charge in [0.25, 0.3) is 23.6 Å². The summed E-state index contributed by atoms with van der Waals surface area (Å²) in [6.45, 7) is 2.26. The van der Waals surface area contributed by atoms with Crippen LogP contribution in [0, 0.1) is 0 Å². The van der Waals surface area contributed by atoms with Gasteiger partial charge in [0.15, 0.2) is 0 Å². The number of nitrogens with zero attached hydrogens (tertiary/aromatic N) is 2. The van der Waals surface area contributed by atoms with Crippen molar-refractivity contribution in [3.63, 3.8) is 0 Å². The number of imide groups is 2. The van der Waals surface area contributed by atoms with Gasteiger partial charge in [-0.15, -0.1) is 10.1 Å². The molecule has 0 saturated carbocycles. The lowest BCUT2D eigenvalue weighted by molar-refractivity contribution is -0.197. The van der Waals surface area contributed by atoms with Crippen LogP contribution in [0.25, 0.3) is 0 Å². The number of carbonyl (C=O) groups is 6. The second-order valence-electron chi connectivity index (χ2n) is 5.94. The van der Waals surface area contributed by atoms with Crippen LogP contribution in [0.1, 0.15) is 58.3 Å². The van der Waals surface area contributed by atoms with E-state index in [1.54, 1.807) is 0 Å². The average Bonchev–Trinajstić information content (AvgIpc) is 3.13. The molecule has 2 heterocycles. The molecule has 0 spiro atoms. The highest BCUT2D eigenvalue weighted by molar-refractivity contribution is 6.02. The first-order chi connectivity index (χ1) is 13.3. The summed E-state index contributed by atoms with van der Waals surface area (Å²) in [5, 5.41) is 1.12. The summed E-state index contributed by atoms with van der Waals surface area (Å²) in [6.07, 6.45) is 1.99. The Morgan fingerprint density at radius 3 is 1.54 bits per heavy atom. The molecular formula is C17H24N2O9. The summed E-state index contributed by atoms with van der Waals surface area (Å²) in [5.41, 5.74) is 0. The van der Waals surface area contributed by atoms with E-state index in [0.717, 1.165) is 0 Å². The predicted octanol–water partition coefficient (Wildman–Crippen LogP) is 0.414. The predicted molar refractivity (Wildman–Crippen MR) is 90.4 cm³/mol. The van der Waals surface area contributed by atoms with Crippen LogP contribution in [0.15, 0.2) is 0 Å². The number of amides is 4. The molecule has 11 heteroatoms. The maximum Gasteiger partial charge on any atom is 0.333 e. The van der Waals surface area contributed by atoms with E-state index in [1.165, 1.54) is 7.11 Å². The first kappa shape index (κ1) is 23.2. The van der Waals surface area contributed by atoms with E-state index in [4.69, 9.17) is 4.74 Å². The number of hydrogen-bond acceptors (Lipinski definition) is 9. The summed E-state index contributed by atoms with van der Waals surface area (Å²) < 4.78 is 4.75. The van der Waals surface area contributed by atoms with E-state index in [1.807, 2.05) is 6.92 Å². The standard InChI is InChI=1S/C9H13NO5.C8H11NO4/c1-14-6-2-3-9(13)15-10-7(11)4-5-8(10)12;1-2-3-8(12)13-9-6(10)4-5-7(9)11/h2-6H2,1H3;2-5H2,1H3. The lowest BCUT2D eigenvalue weighted by Gasteiger charge is -2.12. The summed E-state index contributed by atoms with van der Waals surface area (Å²) in [5.74, 6) is -2.91. The van der Waals surface area contributed by atoms with Crippen molar-refractivity contribution in [3.8, 4) is 0 Å². The fourth-order valence-electron chi connectivity index (χ4n) is 2.18. The molecule has 156 valence electrons. The van der Waals surface area contributed by atoms with Gasteiger partial charge >= 0.3 is 11.9 Å². The van der Waals surface area contributed by atoms with Crippen LogP contribution in [0.4, 0.5) is 0 Å². The molecule has 2 aliphatic rings. The van der Waals surface area contributed by atoms with Crippen molar-refractivity contribution >= 4 is 35.6 Å². The largest absolute Gasteiger partial charge is 0.385 e. The molecular weight excluding hydrogens is 376 g/mol. The highest BCUT2D eigenvalue weighted by Gasteiger charge is 2.33. The van der Waals surface area contributed by atoms with Crippen molar-refractivity contribution in [3.05, 3.63) is 0 Å². The first-order valence-electron chi connectivity index (χ1n) is 8.92. The first-order valence-corrected chi connectivity index (χ1v) is 8.92. The fraction of sp³-hybridized carbons (Fsp3) is 0.647. The second kappa shape index (κ2) is 11.8. The van der Waals surface area contributed by atoms with Crippen LogP contribution < -0.4 is 0 Å². The number of methoxy groups -OCH3 is 1. The number of hydroxylamine groups is 4. The monoisotopic (exact) mass is 400 g/mol. The molecule has 0 bridgehead atoms. The van der Waals surface area contributed by atoms with Gasteiger partial charge in [-0.1, -0.05) is 6.92 Å². The number of ether oxygens (including phenoxy) is 1. The van der Waals surface area contributed by atoms with E-state index in [0.29, 0.717) is 29.6 Å². The third kappa shape index (κ3) is 7.43. The van der Waals surface area contributed by atoms with Crippen LogP contribution in [-0.2, 0) is 43.2 Å². The SMILES string of the molecule is CCCC(=O)ON1C(=O)CCC1=O.COCCCC(=O)ON1C(=O)CCC1=O. The molecule has 0 aliphatic carbocycles. The third-order valence-electron chi connectivity index (χ3n) is 3.58.